The van der Waals surface area contributed by atoms with Crippen LogP contribution in [0.5, 0.6) is 5.75 Å². The number of hydrogen-bond acceptors (Lipinski definition) is 4. The highest BCUT2D eigenvalue weighted by Crippen LogP contribution is 2.29. The van der Waals surface area contributed by atoms with Crippen molar-refractivity contribution in [3.63, 3.8) is 0 Å². The predicted octanol–water partition coefficient (Wildman–Crippen LogP) is 4.28. The number of ether oxygens (including phenoxy) is 1. The minimum Gasteiger partial charge on any atom is -0.405 e. The van der Waals surface area contributed by atoms with Gasteiger partial charge in [-0.15, -0.1) is 13.2 Å². The molecular weight excluding hydrogens is 423 g/mol. The van der Waals surface area contributed by atoms with E-state index in [-0.39, 0.29) is 37.4 Å². The van der Waals surface area contributed by atoms with Gasteiger partial charge >= 0.3 is 6.36 Å². The highest BCUT2D eigenvalue weighted by atomic mass is 19.4. The maximum Gasteiger partial charge on any atom is 0.573 e. The second-order valence-electron chi connectivity index (χ2n) is 8.22. The average molecular weight is 449 g/mol. The van der Waals surface area contributed by atoms with Gasteiger partial charge in [-0.05, 0) is 48.6 Å². The molecule has 0 bridgehead atoms. The van der Waals surface area contributed by atoms with Gasteiger partial charge in [0.15, 0.2) is 0 Å². The number of amides is 2. The van der Waals surface area contributed by atoms with Gasteiger partial charge < -0.3 is 20.7 Å². The van der Waals surface area contributed by atoms with Crippen LogP contribution in [-0.4, -0.2) is 41.7 Å². The molecule has 0 aliphatic carbocycles. The molecule has 1 aliphatic heterocycles. The summed E-state index contributed by atoms with van der Waals surface area (Å²) in [4.78, 5) is 27.0. The third-order valence-corrected chi connectivity index (χ3v) is 5.57. The van der Waals surface area contributed by atoms with E-state index in [4.69, 9.17) is 5.73 Å². The average Bonchev–Trinajstić information content (AvgIpc) is 2.73. The zero-order chi connectivity index (χ0) is 23.5. The van der Waals surface area contributed by atoms with Crippen LogP contribution >= 0.6 is 0 Å². The van der Waals surface area contributed by atoms with Crippen molar-refractivity contribution in [3.8, 4) is 5.75 Å². The number of alkyl halides is 3. The van der Waals surface area contributed by atoms with Crippen LogP contribution in [0.3, 0.4) is 0 Å². The number of carbonyl (C=O) groups is 2. The van der Waals surface area contributed by atoms with E-state index in [0.717, 1.165) is 11.6 Å². The van der Waals surface area contributed by atoms with Gasteiger partial charge in [-0.3, -0.25) is 9.59 Å². The molecule has 0 atom stereocenters. The first-order valence-corrected chi connectivity index (χ1v) is 10.3. The standard InChI is InChI=1S/C23H26F3N3O3/c1-15(2)16-7-9-17(10-8-16)28-21(31)22(27)11-13-29(14-12-22)20(30)18-5-3-4-6-19(18)32-23(24,25)26/h3-10,15H,11-14,27H2,1-2H3,(H,28,31). The number of nitrogens with zero attached hydrogens (tertiary/aromatic N) is 1. The topological polar surface area (TPSA) is 84.7 Å². The molecular formula is C23H26F3N3O3. The number of piperidine rings is 1. The molecule has 0 radical (unpaired) electrons. The Morgan fingerprint density at radius 1 is 1.06 bits per heavy atom. The van der Waals surface area contributed by atoms with Crippen molar-refractivity contribution in [2.24, 2.45) is 5.73 Å². The van der Waals surface area contributed by atoms with E-state index in [9.17, 15) is 22.8 Å². The van der Waals surface area contributed by atoms with Crippen LogP contribution in [-0.2, 0) is 4.79 Å². The van der Waals surface area contributed by atoms with Gasteiger partial charge in [-0.2, -0.15) is 0 Å². The number of carbonyl (C=O) groups excluding carboxylic acids is 2. The first-order valence-electron chi connectivity index (χ1n) is 10.3. The zero-order valence-corrected chi connectivity index (χ0v) is 17.9. The predicted molar refractivity (Wildman–Crippen MR) is 114 cm³/mol. The fourth-order valence-corrected chi connectivity index (χ4v) is 3.57. The first kappa shape index (κ1) is 23.6. The number of benzene rings is 2. The fourth-order valence-electron chi connectivity index (χ4n) is 3.57. The molecule has 2 aromatic carbocycles. The van der Waals surface area contributed by atoms with E-state index in [1.54, 1.807) is 0 Å². The van der Waals surface area contributed by atoms with Crippen LogP contribution in [0.1, 0.15) is 48.5 Å². The normalized spacial score (nSPS) is 16.0. The molecule has 1 heterocycles. The molecule has 6 nitrogen and oxygen atoms in total. The van der Waals surface area contributed by atoms with Gasteiger partial charge in [0.25, 0.3) is 5.91 Å². The van der Waals surface area contributed by atoms with Crippen LogP contribution in [0, 0.1) is 0 Å². The number of halogens is 3. The Bertz CT molecular complexity index is 966. The Labute approximate surface area is 184 Å². The largest absolute Gasteiger partial charge is 0.573 e. The van der Waals surface area contributed by atoms with Crippen LogP contribution in [0.25, 0.3) is 0 Å². The van der Waals surface area contributed by atoms with E-state index >= 15 is 0 Å². The molecule has 2 aromatic rings. The van der Waals surface area contributed by atoms with Gasteiger partial charge in [-0.1, -0.05) is 38.1 Å². The van der Waals surface area contributed by atoms with E-state index in [1.165, 1.54) is 23.1 Å². The Balaban J connectivity index is 1.64. The number of para-hydroxylation sites is 1. The minimum absolute atomic E-state index is 0.134. The highest BCUT2D eigenvalue weighted by Gasteiger charge is 2.40. The summed E-state index contributed by atoms with van der Waals surface area (Å²) in [6.07, 6.45) is -4.55. The molecule has 0 saturated carbocycles. The lowest BCUT2D eigenvalue weighted by Gasteiger charge is -2.38. The third-order valence-electron chi connectivity index (χ3n) is 5.57. The molecule has 2 amide bonds. The SMILES string of the molecule is CC(C)c1ccc(NC(=O)C2(N)CCN(C(=O)c3ccccc3OC(F)(F)F)CC2)cc1. The van der Waals surface area contributed by atoms with E-state index < -0.39 is 23.6 Å². The van der Waals surface area contributed by atoms with E-state index in [0.29, 0.717) is 11.6 Å². The number of anilines is 1. The second-order valence-corrected chi connectivity index (χ2v) is 8.22. The number of likely N-dealkylation sites (tertiary alicyclic amines) is 1. The zero-order valence-electron chi connectivity index (χ0n) is 17.9. The minimum atomic E-state index is -4.91. The number of rotatable bonds is 5. The second kappa shape index (κ2) is 9.20. The molecule has 3 rings (SSSR count). The number of hydrogen-bond donors (Lipinski definition) is 2. The smallest absolute Gasteiger partial charge is 0.405 e. The Morgan fingerprint density at radius 3 is 2.22 bits per heavy atom. The van der Waals surface area contributed by atoms with Crippen molar-refractivity contribution in [2.45, 2.75) is 44.5 Å². The summed E-state index contributed by atoms with van der Waals surface area (Å²) in [7, 11) is 0. The van der Waals surface area contributed by atoms with E-state index in [2.05, 4.69) is 23.9 Å². The van der Waals surface area contributed by atoms with Crippen LogP contribution in [0.2, 0.25) is 0 Å². The number of nitrogens with two attached hydrogens (primary N) is 1. The summed E-state index contributed by atoms with van der Waals surface area (Å²) >= 11 is 0. The van der Waals surface area contributed by atoms with Crippen molar-refractivity contribution in [1.82, 2.24) is 4.90 Å². The van der Waals surface area contributed by atoms with E-state index in [1.807, 2.05) is 24.3 Å². The van der Waals surface area contributed by atoms with Crippen LogP contribution in [0.15, 0.2) is 48.5 Å². The van der Waals surface area contributed by atoms with Gasteiger partial charge in [0.2, 0.25) is 5.91 Å². The lowest BCUT2D eigenvalue weighted by atomic mass is 9.87. The lowest BCUT2D eigenvalue weighted by molar-refractivity contribution is -0.274. The van der Waals surface area contributed by atoms with Gasteiger partial charge in [0.1, 0.15) is 5.75 Å². The third kappa shape index (κ3) is 5.59. The monoisotopic (exact) mass is 449 g/mol. The molecule has 0 unspecified atom stereocenters. The van der Waals surface area contributed by atoms with Gasteiger partial charge in [0, 0.05) is 18.8 Å². The Hall–Kier alpha value is -3.07. The Morgan fingerprint density at radius 2 is 1.66 bits per heavy atom. The molecule has 3 N–H and O–H groups in total. The van der Waals surface area contributed by atoms with Crippen LogP contribution in [0.4, 0.5) is 18.9 Å². The molecule has 9 heteroatoms. The molecule has 1 fully saturated rings. The molecule has 172 valence electrons. The summed E-state index contributed by atoms with van der Waals surface area (Å²) < 4.78 is 41.9. The summed E-state index contributed by atoms with van der Waals surface area (Å²) in [5.74, 6) is -1.15. The van der Waals surface area contributed by atoms with Crippen LogP contribution < -0.4 is 15.8 Å². The van der Waals surface area contributed by atoms with Crippen molar-refractivity contribution < 1.29 is 27.5 Å². The first-order chi connectivity index (χ1) is 15.0. The quantitative estimate of drug-likeness (QED) is 0.714. The maximum absolute atomic E-state index is 12.8. The Kier molecular flexibility index (Phi) is 6.78. The van der Waals surface area contributed by atoms with Gasteiger partial charge in [0.05, 0.1) is 11.1 Å². The highest BCUT2D eigenvalue weighted by molar-refractivity contribution is 5.99. The van der Waals surface area contributed by atoms with Gasteiger partial charge in [-0.25, -0.2) is 0 Å². The van der Waals surface area contributed by atoms with Crippen molar-refractivity contribution >= 4 is 17.5 Å². The summed E-state index contributed by atoms with van der Waals surface area (Å²) in [6, 6.07) is 12.7. The summed E-state index contributed by atoms with van der Waals surface area (Å²) in [5, 5.41) is 2.82. The molecule has 1 saturated heterocycles. The summed E-state index contributed by atoms with van der Waals surface area (Å²) in [5.41, 5.74) is 6.71. The fraction of sp³-hybridized carbons (Fsp3) is 0.391. The molecule has 0 spiro atoms. The molecule has 32 heavy (non-hydrogen) atoms. The molecule has 0 aromatic heterocycles. The van der Waals surface area contributed by atoms with Crippen molar-refractivity contribution in [1.29, 1.82) is 0 Å². The number of nitrogens with one attached hydrogen (secondary N) is 1. The molecule has 1 aliphatic rings. The maximum atomic E-state index is 12.8. The lowest BCUT2D eigenvalue weighted by Crippen LogP contribution is -2.58. The summed E-state index contributed by atoms with van der Waals surface area (Å²) in [6.45, 7) is 4.42. The van der Waals surface area contributed by atoms with Crippen molar-refractivity contribution in [2.75, 3.05) is 18.4 Å². The van der Waals surface area contributed by atoms with Crippen molar-refractivity contribution in [3.05, 3.63) is 59.7 Å².